The topological polar surface area (TPSA) is 93.3 Å². The van der Waals surface area contributed by atoms with Crippen LogP contribution < -0.4 is 10.1 Å². The van der Waals surface area contributed by atoms with Gasteiger partial charge in [0.05, 0.1) is 40.8 Å². The Morgan fingerprint density at radius 1 is 1.31 bits per heavy atom. The maximum absolute atomic E-state index is 12.9. The number of hydrogen-bond donors (Lipinski definition) is 2. The Labute approximate surface area is 169 Å². The molecule has 0 spiro atoms. The van der Waals surface area contributed by atoms with E-state index < -0.39 is 12.0 Å². The number of carbonyl (C=O) groups is 2. The molecule has 146 valence electrons. The van der Waals surface area contributed by atoms with Gasteiger partial charge >= 0.3 is 5.97 Å². The average Bonchev–Trinajstić information content (AvgIpc) is 3.44. The second-order valence-corrected chi connectivity index (χ2v) is 7.85. The number of fused-ring (bicyclic) bond motifs is 2. The zero-order valence-corrected chi connectivity index (χ0v) is 16.3. The molecule has 2 N–H and O–H groups in total. The number of nitrogens with zero attached hydrogens (tertiary/aromatic N) is 1. The Hall–Kier alpha value is -3.39. The molecule has 2 aromatic heterocycles. The standard InChI is InChI=1S/C21H17N3O4S/c1-27-19-12(20(25)22-14-8-9-28-21(14)26)6-7-13-17(19)18(24-23-13)16-10-11-4-2-3-5-15(11)29-16/h2-7,10,14H,8-9H2,1H3,(H,22,25)(H,23,24)/t14-/m1/s1. The molecule has 8 heteroatoms. The largest absolute Gasteiger partial charge is 0.495 e. The summed E-state index contributed by atoms with van der Waals surface area (Å²) >= 11 is 1.64. The summed E-state index contributed by atoms with van der Waals surface area (Å²) in [6.07, 6.45) is 0.466. The van der Waals surface area contributed by atoms with Crippen molar-refractivity contribution in [3.8, 4) is 16.3 Å². The van der Waals surface area contributed by atoms with Crippen molar-refractivity contribution >= 4 is 44.2 Å². The Bertz CT molecular complexity index is 1230. The van der Waals surface area contributed by atoms with Crippen LogP contribution in [0.4, 0.5) is 0 Å². The van der Waals surface area contributed by atoms with Crippen LogP contribution in [0, 0.1) is 0 Å². The monoisotopic (exact) mass is 407 g/mol. The van der Waals surface area contributed by atoms with Crippen LogP contribution in [0.15, 0.2) is 42.5 Å². The Morgan fingerprint density at radius 3 is 2.93 bits per heavy atom. The molecule has 1 amide bonds. The average molecular weight is 407 g/mol. The van der Waals surface area contributed by atoms with Gasteiger partial charge in [-0.2, -0.15) is 5.10 Å². The lowest BCUT2D eigenvalue weighted by molar-refractivity contribution is -0.139. The van der Waals surface area contributed by atoms with Crippen LogP contribution in [-0.2, 0) is 9.53 Å². The predicted octanol–water partition coefficient (Wildman–Crippen LogP) is 3.50. The van der Waals surface area contributed by atoms with Crippen LogP contribution in [0.5, 0.6) is 5.75 Å². The Morgan fingerprint density at radius 2 is 2.17 bits per heavy atom. The molecular weight excluding hydrogens is 390 g/mol. The number of nitrogens with one attached hydrogen (secondary N) is 2. The van der Waals surface area contributed by atoms with E-state index >= 15 is 0 Å². The fourth-order valence-electron chi connectivity index (χ4n) is 3.62. The maximum Gasteiger partial charge on any atom is 0.328 e. The third-order valence-corrected chi connectivity index (χ3v) is 6.17. The zero-order valence-electron chi connectivity index (χ0n) is 15.5. The molecular formula is C21H17N3O4S. The molecule has 7 nitrogen and oxygen atoms in total. The summed E-state index contributed by atoms with van der Waals surface area (Å²) in [5, 5.41) is 12.1. The van der Waals surface area contributed by atoms with Crippen molar-refractivity contribution in [3.05, 3.63) is 48.0 Å². The molecule has 0 aliphatic carbocycles. The third kappa shape index (κ3) is 2.92. The molecule has 1 aliphatic rings. The number of amides is 1. The van der Waals surface area contributed by atoms with E-state index in [1.807, 2.05) is 12.1 Å². The highest BCUT2D eigenvalue weighted by Gasteiger charge is 2.30. The first kappa shape index (κ1) is 17.7. The SMILES string of the molecule is COc1c(C(=O)N[C@@H]2CCOC2=O)ccc2n[nH]c(-c3cc4ccccc4s3)c12. The first-order valence-electron chi connectivity index (χ1n) is 9.17. The van der Waals surface area contributed by atoms with Gasteiger partial charge in [-0.1, -0.05) is 18.2 Å². The van der Waals surface area contributed by atoms with Crippen molar-refractivity contribution in [2.45, 2.75) is 12.5 Å². The first-order valence-corrected chi connectivity index (χ1v) is 9.99. The van der Waals surface area contributed by atoms with E-state index in [4.69, 9.17) is 9.47 Å². The van der Waals surface area contributed by atoms with Crippen molar-refractivity contribution in [3.63, 3.8) is 0 Å². The van der Waals surface area contributed by atoms with E-state index in [0.29, 0.717) is 29.9 Å². The lowest BCUT2D eigenvalue weighted by Gasteiger charge is -2.13. The highest BCUT2D eigenvalue weighted by Crippen LogP contribution is 2.40. The number of ether oxygens (including phenoxy) is 2. The van der Waals surface area contributed by atoms with Crippen molar-refractivity contribution in [1.29, 1.82) is 0 Å². The van der Waals surface area contributed by atoms with Crippen LogP contribution in [0.1, 0.15) is 16.8 Å². The number of aromatic nitrogens is 2. The van der Waals surface area contributed by atoms with E-state index in [9.17, 15) is 9.59 Å². The summed E-state index contributed by atoms with van der Waals surface area (Å²) < 4.78 is 11.7. The molecule has 29 heavy (non-hydrogen) atoms. The molecule has 1 aliphatic heterocycles. The van der Waals surface area contributed by atoms with Gasteiger partial charge < -0.3 is 14.8 Å². The molecule has 0 unspecified atom stereocenters. The summed E-state index contributed by atoms with van der Waals surface area (Å²) in [6, 6.07) is 13.0. The van der Waals surface area contributed by atoms with Crippen LogP contribution in [0.3, 0.4) is 0 Å². The molecule has 1 atom stereocenters. The minimum Gasteiger partial charge on any atom is -0.495 e. The summed E-state index contributed by atoms with van der Waals surface area (Å²) in [4.78, 5) is 25.6. The van der Waals surface area contributed by atoms with E-state index in [1.54, 1.807) is 23.5 Å². The number of cyclic esters (lactones) is 1. The van der Waals surface area contributed by atoms with Crippen molar-refractivity contribution in [2.75, 3.05) is 13.7 Å². The number of aromatic amines is 1. The number of esters is 1. The fraction of sp³-hybridized carbons (Fsp3) is 0.190. The summed E-state index contributed by atoms with van der Waals surface area (Å²) in [7, 11) is 1.52. The smallest absolute Gasteiger partial charge is 0.328 e. The van der Waals surface area contributed by atoms with Gasteiger partial charge in [-0.05, 0) is 29.7 Å². The second kappa shape index (κ2) is 6.89. The number of H-pyrrole nitrogens is 1. The zero-order chi connectivity index (χ0) is 20.0. The summed E-state index contributed by atoms with van der Waals surface area (Å²) in [5.74, 6) is -0.365. The predicted molar refractivity (Wildman–Crippen MR) is 110 cm³/mol. The lowest BCUT2D eigenvalue weighted by atomic mass is 10.1. The van der Waals surface area contributed by atoms with Gasteiger partial charge in [-0.25, -0.2) is 4.79 Å². The summed E-state index contributed by atoms with van der Waals surface area (Å²) in [5.41, 5.74) is 1.85. The fourth-order valence-corrected chi connectivity index (χ4v) is 4.68. The highest BCUT2D eigenvalue weighted by atomic mass is 32.1. The van der Waals surface area contributed by atoms with Crippen LogP contribution in [0.25, 0.3) is 31.6 Å². The molecule has 3 heterocycles. The van der Waals surface area contributed by atoms with E-state index in [1.165, 1.54) is 7.11 Å². The molecule has 1 saturated heterocycles. The highest BCUT2D eigenvalue weighted by molar-refractivity contribution is 7.22. The number of carbonyl (C=O) groups excluding carboxylic acids is 2. The molecule has 1 fully saturated rings. The second-order valence-electron chi connectivity index (χ2n) is 6.77. The van der Waals surface area contributed by atoms with E-state index in [0.717, 1.165) is 26.0 Å². The van der Waals surface area contributed by atoms with Gasteiger partial charge in [0, 0.05) is 11.1 Å². The van der Waals surface area contributed by atoms with E-state index in [-0.39, 0.29) is 5.91 Å². The van der Waals surface area contributed by atoms with Gasteiger partial charge in [0.1, 0.15) is 11.8 Å². The van der Waals surface area contributed by atoms with Gasteiger partial charge in [-0.15, -0.1) is 11.3 Å². The molecule has 4 aromatic rings. The summed E-state index contributed by atoms with van der Waals surface area (Å²) in [6.45, 7) is 0.317. The van der Waals surface area contributed by atoms with Crippen molar-refractivity contribution < 1.29 is 19.1 Å². The normalized spacial score (nSPS) is 16.3. The minimum absolute atomic E-state index is 0.317. The quantitative estimate of drug-likeness (QED) is 0.505. The molecule has 0 saturated carbocycles. The van der Waals surface area contributed by atoms with Crippen molar-refractivity contribution in [2.24, 2.45) is 0 Å². The van der Waals surface area contributed by atoms with Crippen LogP contribution >= 0.6 is 11.3 Å². The number of methoxy groups -OCH3 is 1. The van der Waals surface area contributed by atoms with Crippen molar-refractivity contribution in [1.82, 2.24) is 15.5 Å². The molecule has 0 bridgehead atoms. The van der Waals surface area contributed by atoms with Gasteiger partial charge in [-0.3, -0.25) is 9.89 Å². The van der Waals surface area contributed by atoms with Gasteiger partial charge in [0.25, 0.3) is 5.91 Å². The minimum atomic E-state index is -0.630. The molecule has 5 rings (SSSR count). The Kier molecular flexibility index (Phi) is 4.21. The number of thiophene rings is 1. The third-order valence-electron chi connectivity index (χ3n) is 5.04. The number of rotatable bonds is 4. The van der Waals surface area contributed by atoms with Crippen LogP contribution in [-0.4, -0.2) is 41.8 Å². The van der Waals surface area contributed by atoms with Gasteiger partial charge in [0.2, 0.25) is 0 Å². The van der Waals surface area contributed by atoms with Crippen LogP contribution in [0.2, 0.25) is 0 Å². The van der Waals surface area contributed by atoms with E-state index in [2.05, 4.69) is 33.7 Å². The molecule has 0 radical (unpaired) electrons. The molecule has 2 aromatic carbocycles. The maximum atomic E-state index is 12.9. The Balaban J connectivity index is 1.61. The number of benzene rings is 2. The lowest BCUT2D eigenvalue weighted by Crippen LogP contribution is -2.38. The van der Waals surface area contributed by atoms with Gasteiger partial charge in [0.15, 0.2) is 0 Å². The number of hydrogen-bond acceptors (Lipinski definition) is 6. The first-order chi connectivity index (χ1) is 14.2.